The number of aliphatic hydroxyl groups excluding tert-OH is 1. The van der Waals surface area contributed by atoms with E-state index in [2.05, 4.69) is 10.2 Å². The Hall–Kier alpha value is -0.610. The van der Waals surface area contributed by atoms with Gasteiger partial charge in [0.1, 0.15) is 0 Å². The Morgan fingerprint density at radius 1 is 1.28 bits per heavy atom. The van der Waals surface area contributed by atoms with Crippen LogP contribution in [0.2, 0.25) is 0 Å². The molecule has 104 valence electrons. The molecule has 0 spiro atoms. The first-order valence-corrected chi connectivity index (χ1v) is 7.29. The monoisotopic (exact) mass is 254 g/mol. The molecule has 0 atom stereocenters. The van der Waals surface area contributed by atoms with Gasteiger partial charge in [-0.2, -0.15) is 0 Å². The van der Waals surface area contributed by atoms with Crippen LogP contribution < -0.4 is 5.32 Å². The van der Waals surface area contributed by atoms with Gasteiger partial charge in [-0.1, -0.05) is 0 Å². The number of hydrogen-bond donors (Lipinski definition) is 2. The topological polar surface area (TPSA) is 52.6 Å². The van der Waals surface area contributed by atoms with E-state index in [0.717, 1.165) is 51.6 Å². The van der Waals surface area contributed by atoms with Crippen molar-refractivity contribution in [1.29, 1.82) is 0 Å². The smallest absolute Gasteiger partial charge is 0.225 e. The van der Waals surface area contributed by atoms with Gasteiger partial charge in [-0.3, -0.25) is 4.79 Å². The quantitative estimate of drug-likeness (QED) is 0.794. The van der Waals surface area contributed by atoms with Gasteiger partial charge in [0.25, 0.3) is 0 Å². The van der Waals surface area contributed by atoms with Crippen molar-refractivity contribution in [2.45, 2.75) is 50.5 Å². The van der Waals surface area contributed by atoms with Crippen molar-refractivity contribution in [3.05, 3.63) is 0 Å². The fourth-order valence-electron chi connectivity index (χ4n) is 3.28. The van der Waals surface area contributed by atoms with E-state index in [0.29, 0.717) is 5.91 Å². The van der Waals surface area contributed by atoms with Gasteiger partial charge in [0.05, 0.1) is 6.61 Å². The molecule has 2 fully saturated rings. The number of nitrogens with one attached hydrogen (secondary N) is 1. The highest BCUT2D eigenvalue weighted by atomic mass is 16.3. The highest BCUT2D eigenvalue weighted by molar-refractivity contribution is 5.79. The lowest BCUT2D eigenvalue weighted by molar-refractivity contribution is -0.138. The predicted octanol–water partition coefficient (Wildman–Crippen LogP) is 1.14. The normalized spacial score (nSPS) is 33.4. The Bertz CT molecular complexity index is 274. The molecule has 1 heterocycles. The lowest BCUT2D eigenvalue weighted by atomic mass is 9.76. The summed E-state index contributed by atoms with van der Waals surface area (Å²) in [5.41, 5.74) is -0.140. The molecule has 0 aromatic heterocycles. The molecule has 1 saturated heterocycles. The number of amides is 1. The summed E-state index contributed by atoms with van der Waals surface area (Å²) in [5.74, 6) is 0.550. The minimum absolute atomic E-state index is 0.140. The lowest BCUT2D eigenvalue weighted by Gasteiger charge is -2.40. The van der Waals surface area contributed by atoms with Gasteiger partial charge in [0, 0.05) is 24.5 Å². The molecule has 4 heteroatoms. The molecule has 0 bridgehead atoms. The van der Waals surface area contributed by atoms with Gasteiger partial charge in [-0.05, 0) is 52.0 Å². The molecule has 1 aliphatic carbocycles. The Morgan fingerprint density at radius 3 is 2.39 bits per heavy atom. The van der Waals surface area contributed by atoms with Crippen molar-refractivity contribution < 1.29 is 9.90 Å². The van der Waals surface area contributed by atoms with Crippen molar-refractivity contribution in [2.24, 2.45) is 5.92 Å². The fourth-order valence-corrected chi connectivity index (χ4v) is 3.28. The number of aliphatic hydroxyl groups is 1. The second kappa shape index (κ2) is 6.02. The van der Waals surface area contributed by atoms with Gasteiger partial charge in [0.2, 0.25) is 5.91 Å². The van der Waals surface area contributed by atoms with E-state index in [9.17, 15) is 9.90 Å². The molecule has 0 radical (unpaired) electrons. The Balaban J connectivity index is 1.87. The minimum atomic E-state index is -0.140. The van der Waals surface area contributed by atoms with Crippen LogP contribution >= 0.6 is 0 Å². The van der Waals surface area contributed by atoms with Gasteiger partial charge < -0.3 is 15.3 Å². The summed E-state index contributed by atoms with van der Waals surface area (Å²) >= 11 is 0. The number of hydrogen-bond acceptors (Lipinski definition) is 3. The van der Waals surface area contributed by atoms with E-state index in [1.807, 2.05) is 7.05 Å². The average molecular weight is 254 g/mol. The van der Waals surface area contributed by atoms with Crippen LogP contribution in [0.3, 0.4) is 0 Å². The first-order chi connectivity index (χ1) is 8.71. The second-order valence-electron chi connectivity index (χ2n) is 5.85. The number of rotatable bonds is 3. The van der Waals surface area contributed by atoms with Crippen molar-refractivity contribution in [2.75, 3.05) is 26.7 Å². The molecule has 1 aliphatic heterocycles. The van der Waals surface area contributed by atoms with Crippen molar-refractivity contribution in [1.82, 2.24) is 10.2 Å². The number of likely N-dealkylation sites (tertiary alicyclic amines) is 1. The summed E-state index contributed by atoms with van der Waals surface area (Å²) < 4.78 is 0. The van der Waals surface area contributed by atoms with E-state index in [4.69, 9.17) is 0 Å². The molecule has 0 unspecified atom stereocenters. The predicted molar refractivity (Wildman–Crippen MR) is 71.3 cm³/mol. The van der Waals surface area contributed by atoms with E-state index >= 15 is 0 Å². The molecule has 18 heavy (non-hydrogen) atoms. The summed E-state index contributed by atoms with van der Waals surface area (Å²) in [6.07, 6.45) is 7.23. The number of likely N-dealkylation sites (N-methyl/N-ethyl adjacent to an activating group) is 1. The fraction of sp³-hybridized carbons (Fsp3) is 0.929. The molecule has 2 N–H and O–H groups in total. The molecule has 1 amide bonds. The summed E-state index contributed by atoms with van der Waals surface area (Å²) in [5, 5.41) is 12.7. The summed E-state index contributed by atoms with van der Waals surface area (Å²) in [7, 11) is 1.91. The highest BCUT2D eigenvalue weighted by Gasteiger charge is 2.37. The van der Waals surface area contributed by atoms with Gasteiger partial charge >= 0.3 is 0 Å². The first kappa shape index (κ1) is 13.8. The zero-order valence-corrected chi connectivity index (χ0v) is 11.5. The standard InChI is InChI=1S/C14H26N2O2/c1-15-14(11-17)7-5-12(6-8-14)13(18)16-9-3-2-4-10-16/h12,15,17H,2-11H2,1H3. The second-order valence-corrected chi connectivity index (χ2v) is 5.85. The summed E-state index contributed by atoms with van der Waals surface area (Å²) in [6, 6.07) is 0. The SMILES string of the molecule is CNC1(CO)CCC(C(=O)N2CCCCC2)CC1. The Labute approximate surface area is 110 Å². The highest BCUT2D eigenvalue weighted by Crippen LogP contribution is 2.33. The molecule has 2 aliphatic rings. The maximum atomic E-state index is 12.4. The van der Waals surface area contributed by atoms with Gasteiger partial charge in [-0.25, -0.2) is 0 Å². The number of carbonyl (C=O) groups is 1. The molecule has 4 nitrogen and oxygen atoms in total. The summed E-state index contributed by atoms with van der Waals surface area (Å²) in [6.45, 7) is 2.08. The largest absolute Gasteiger partial charge is 0.394 e. The van der Waals surface area contributed by atoms with Crippen LogP contribution in [0.5, 0.6) is 0 Å². The number of nitrogens with zero attached hydrogens (tertiary/aromatic N) is 1. The van der Waals surface area contributed by atoms with Crippen molar-refractivity contribution in [3.63, 3.8) is 0 Å². The third-order valence-corrected chi connectivity index (χ3v) is 4.79. The van der Waals surface area contributed by atoms with Crippen LogP contribution in [-0.4, -0.2) is 48.2 Å². The van der Waals surface area contributed by atoms with E-state index < -0.39 is 0 Å². The molecular weight excluding hydrogens is 228 g/mol. The zero-order valence-electron chi connectivity index (χ0n) is 11.5. The lowest BCUT2D eigenvalue weighted by Crippen LogP contribution is -2.51. The van der Waals surface area contributed by atoms with E-state index in [1.54, 1.807) is 0 Å². The molecule has 0 aromatic carbocycles. The van der Waals surface area contributed by atoms with E-state index in [-0.39, 0.29) is 18.1 Å². The van der Waals surface area contributed by atoms with Crippen molar-refractivity contribution in [3.8, 4) is 0 Å². The summed E-state index contributed by atoms with van der Waals surface area (Å²) in [4.78, 5) is 14.4. The van der Waals surface area contributed by atoms with Gasteiger partial charge in [0.15, 0.2) is 0 Å². The van der Waals surface area contributed by atoms with Crippen molar-refractivity contribution >= 4 is 5.91 Å². The average Bonchev–Trinajstić information content (AvgIpc) is 2.47. The first-order valence-electron chi connectivity index (χ1n) is 7.29. The van der Waals surface area contributed by atoms with Crippen LogP contribution in [-0.2, 0) is 4.79 Å². The minimum Gasteiger partial charge on any atom is -0.394 e. The third kappa shape index (κ3) is 2.86. The zero-order chi connectivity index (χ0) is 13.0. The van der Waals surface area contributed by atoms with Crippen LogP contribution in [0.4, 0.5) is 0 Å². The number of carbonyl (C=O) groups excluding carboxylic acids is 1. The third-order valence-electron chi connectivity index (χ3n) is 4.79. The molecule has 0 aromatic rings. The van der Waals surface area contributed by atoms with Crippen LogP contribution in [0.25, 0.3) is 0 Å². The van der Waals surface area contributed by atoms with Crippen LogP contribution in [0, 0.1) is 5.92 Å². The maximum Gasteiger partial charge on any atom is 0.225 e. The van der Waals surface area contributed by atoms with E-state index in [1.165, 1.54) is 6.42 Å². The Kier molecular flexibility index (Phi) is 4.62. The molecule has 1 saturated carbocycles. The van der Waals surface area contributed by atoms with Crippen LogP contribution in [0.15, 0.2) is 0 Å². The van der Waals surface area contributed by atoms with Crippen LogP contribution in [0.1, 0.15) is 44.9 Å². The van der Waals surface area contributed by atoms with Gasteiger partial charge in [-0.15, -0.1) is 0 Å². The Morgan fingerprint density at radius 2 is 1.89 bits per heavy atom. The molecule has 2 rings (SSSR count). The molecular formula is C14H26N2O2. The number of piperidine rings is 1. The maximum absolute atomic E-state index is 12.4.